The number of amides is 1. The molecule has 0 saturated heterocycles. The summed E-state index contributed by atoms with van der Waals surface area (Å²) in [5.41, 5.74) is 1.11. The van der Waals surface area contributed by atoms with Gasteiger partial charge < -0.3 is 15.2 Å². The van der Waals surface area contributed by atoms with Gasteiger partial charge in [0, 0.05) is 4.88 Å². The van der Waals surface area contributed by atoms with E-state index in [1.54, 1.807) is 6.92 Å². The Balaban J connectivity index is 1.88. The minimum atomic E-state index is -0.946. The third-order valence-electron chi connectivity index (χ3n) is 5.06. The number of aliphatic carboxylic acids is 1. The van der Waals surface area contributed by atoms with Crippen LogP contribution in [-0.2, 0) is 14.3 Å². The fraction of sp³-hybridized carbons (Fsp3) is 0.471. The summed E-state index contributed by atoms with van der Waals surface area (Å²) in [4.78, 5) is 37.2. The van der Waals surface area contributed by atoms with E-state index in [0.29, 0.717) is 17.0 Å². The van der Waals surface area contributed by atoms with E-state index in [9.17, 15) is 19.5 Å². The van der Waals surface area contributed by atoms with Crippen molar-refractivity contribution in [2.24, 2.45) is 23.7 Å². The van der Waals surface area contributed by atoms with Crippen molar-refractivity contribution in [1.82, 2.24) is 0 Å². The zero-order chi connectivity index (χ0) is 17.6. The molecule has 0 radical (unpaired) electrons. The molecule has 128 valence electrons. The third kappa shape index (κ3) is 2.53. The third-order valence-corrected chi connectivity index (χ3v) is 6.18. The van der Waals surface area contributed by atoms with E-state index in [0.717, 1.165) is 10.4 Å². The summed E-state index contributed by atoms with van der Waals surface area (Å²) in [7, 11) is 1.29. The van der Waals surface area contributed by atoms with Crippen molar-refractivity contribution in [3.8, 4) is 0 Å². The number of rotatable bonds is 4. The van der Waals surface area contributed by atoms with Gasteiger partial charge in [-0.05, 0) is 37.7 Å². The van der Waals surface area contributed by atoms with Crippen molar-refractivity contribution in [2.75, 3.05) is 12.4 Å². The summed E-state index contributed by atoms with van der Waals surface area (Å²) < 4.78 is 4.80. The number of methoxy groups -OCH3 is 1. The molecule has 2 bridgehead atoms. The molecule has 3 rings (SSSR count). The first kappa shape index (κ1) is 16.7. The highest BCUT2D eigenvalue weighted by Crippen LogP contribution is 2.48. The van der Waals surface area contributed by atoms with Crippen LogP contribution >= 0.6 is 11.3 Å². The highest BCUT2D eigenvalue weighted by Gasteiger charge is 2.51. The van der Waals surface area contributed by atoms with Crippen LogP contribution in [0.15, 0.2) is 12.2 Å². The largest absolute Gasteiger partial charge is 0.481 e. The van der Waals surface area contributed by atoms with E-state index in [-0.39, 0.29) is 17.7 Å². The maximum absolute atomic E-state index is 12.7. The normalized spacial score (nSPS) is 27.3. The lowest BCUT2D eigenvalue weighted by atomic mass is 9.82. The lowest BCUT2D eigenvalue weighted by Crippen LogP contribution is -2.36. The van der Waals surface area contributed by atoms with Crippen LogP contribution < -0.4 is 5.32 Å². The second-order valence-electron chi connectivity index (χ2n) is 6.31. The van der Waals surface area contributed by atoms with E-state index in [1.165, 1.54) is 18.4 Å². The highest BCUT2D eigenvalue weighted by molar-refractivity contribution is 7.16. The number of carbonyl (C=O) groups excluding carboxylic acids is 2. The van der Waals surface area contributed by atoms with Gasteiger partial charge in [0.05, 0.1) is 24.5 Å². The molecule has 1 heterocycles. The Bertz CT molecular complexity index is 750. The van der Waals surface area contributed by atoms with Crippen LogP contribution in [0.25, 0.3) is 0 Å². The second-order valence-corrected chi connectivity index (χ2v) is 7.53. The first-order chi connectivity index (χ1) is 11.3. The van der Waals surface area contributed by atoms with Crippen molar-refractivity contribution >= 4 is 34.2 Å². The van der Waals surface area contributed by atoms with Gasteiger partial charge in [0.1, 0.15) is 5.00 Å². The zero-order valence-corrected chi connectivity index (χ0v) is 14.5. The second kappa shape index (κ2) is 6.05. The maximum atomic E-state index is 12.7. The van der Waals surface area contributed by atoms with Gasteiger partial charge in [-0.1, -0.05) is 12.2 Å². The molecule has 6 nitrogen and oxygen atoms in total. The number of nitrogens with one attached hydrogen (secondary N) is 1. The molecule has 2 aliphatic rings. The minimum Gasteiger partial charge on any atom is -0.481 e. The van der Waals surface area contributed by atoms with Crippen LogP contribution in [0.3, 0.4) is 0 Å². The molecule has 0 aromatic carbocycles. The van der Waals surface area contributed by atoms with Crippen LogP contribution in [0.5, 0.6) is 0 Å². The number of carboxylic acids is 1. The van der Waals surface area contributed by atoms with Crippen molar-refractivity contribution in [3.63, 3.8) is 0 Å². The Hall–Kier alpha value is -2.15. The summed E-state index contributed by atoms with van der Waals surface area (Å²) in [6, 6.07) is 0. The molecule has 1 fully saturated rings. The molecule has 1 aromatic rings. The Morgan fingerprint density at radius 3 is 2.42 bits per heavy atom. The fourth-order valence-electron chi connectivity index (χ4n) is 3.77. The first-order valence-electron chi connectivity index (χ1n) is 7.75. The number of thiophene rings is 1. The van der Waals surface area contributed by atoms with E-state index >= 15 is 0 Å². The van der Waals surface area contributed by atoms with Gasteiger partial charge in [-0.3, -0.25) is 9.59 Å². The number of allylic oxidation sites excluding steroid dienone is 2. The van der Waals surface area contributed by atoms with Crippen LogP contribution in [0.4, 0.5) is 5.00 Å². The molecule has 24 heavy (non-hydrogen) atoms. The number of anilines is 1. The van der Waals surface area contributed by atoms with Crippen molar-refractivity contribution in [3.05, 3.63) is 28.2 Å². The molecule has 2 N–H and O–H groups in total. The molecule has 0 spiro atoms. The predicted molar refractivity (Wildman–Crippen MR) is 89.1 cm³/mol. The van der Waals surface area contributed by atoms with Crippen LogP contribution in [0.1, 0.15) is 27.2 Å². The van der Waals surface area contributed by atoms with Crippen LogP contribution in [-0.4, -0.2) is 30.1 Å². The van der Waals surface area contributed by atoms with E-state index in [2.05, 4.69) is 5.32 Å². The van der Waals surface area contributed by atoms with Gasteiger partial charge in [0.25, 0.3) is 0 Å². The van der Waals surface area contributed by atoms with Crippen molar-refractivity contribution < 1.29 is 24.2 Å². The highest BCUT2D eigenvalue weighted by atomic mass is 32.1. The number of fused-ring (bicyclic) bond motifs is 2. The minimum absolute atomic E-state index is 0.0557. The Labute approximate surface area is 143 Å². The van der Waals surface area contributed by atoms with Gasteiger partial charge in [0.2, 0.25) is 5.91 Å². The number of carboxylic acid groups (broad SMARTS) is 1. The number of hydrogen-bond donors (Lipinski definition) is 2. The van der Waals surface area contributed by atoms with E-state index in [1.807, 2.05) is 19.1 Å². The van der Waals surface area contributed by atoms with Crippen LogP contribution in [0, 0.1) is 37.5 Å². The van der Waals surface area contributed by atoms with Gasteiger partial charge in [-0.25, -0.2) is 4.79 Å². The van der Waals surface area contributed by atoms with Crippen molar-refractivity contribution in [2.45, 2.75) is 20.3 Å². The SMILES string of the molecule is COC(=O)c1c(NC(=O)[C@H]2[C@@H](C(=O)O)[C@H]3C=C[C@@H]2C3)sc(C)c1C. The quantitative estimate of drug-likeness (QED) is 0.644. The molecule has 0 aliphatic heterocycles. The average Bonchev–Trinajstić information content (AvgIpc) is 3.21. The Kier molecular flexibility index (Phi) is 4.21. The van der Waals surface area contributed by atoms with Gasteiger partial charge in [-0.2, -0.15) is 0 Å². The summed E-state index contributed by atoms with van der Waals surface area (Å²) in [5, 5.41) is 12.7. The first-order valence-corrected chi connectivity index (χ1v) is 8.57. The lowest BCUT2D eigenvalue weighted by Gasteiger charge is -2.23. The zero-order valence-electron chi connectivity index (χ0n) is 13.7. The molecule has 4 atom stereocenters. The molecule has 1 aromatic heterocycles. The fourth-order valence-corrected chi connectivity index (χ4v) is 4.83. The van der Waals surface area contributed by atoms with Crippen molar-refractivity contribution in [1.29, 1.82) is 0 Å². The molecule has 7 heteroatoms. The number of ether oxygens (including phenoxy) is 1. The maximum Gasteiger partial charge on any atom is 0.341 e. The molecule has 1 amide bonds. The van der Waals surface area contributed by atoms with Gasteiger partial charge >= 0.3 is 11.9 Å². The molecular formula is C17H19NO5S. The molecule has 1 saturated carbocycles. The summed E-state index contributed by atoms with van der Waals surface area (Å²) in [5.74, 6) is -3.25. The monoisotopic (exact) mass is 349 g/mol. The smallest absolute Gasteiger partial charge is 0.341 e. The predicted octanol–water partition coefficient (Wildman–Crippen LogP) is 2.61. The standard InChI is InChI=1S/C17H19NO5S/c1-7-8(2)24-15(11(7)17(22)23-3)18-14(19)12-9-4-5-10(6-9)13(12)16(20)21/h4-5,9-10,12-13H,6H2,1-3H3,(H,18,19)(H,20,21)/t9-,10+,12-,13+/m1/s1. The Morgan fingerprint density at radius 1 is 1.21 bits per heavy atom. The van der Waals surface area contributed by atoms with Gasteiger partial charge in [0.15, 0.2) is 0 Å². The summed E-state index contributed by atoms with van der Waals surface area (Å²) in [6.07, 6.45) is 4.52. The number of carbonyl (C=O) groups is 3. The number of hydrogen-bond acceptors (Lipinski definition) is 5. The Morgan fingerprint density at radius 2 is 1.83 bits per heavy atom. The number of esters is 1. The summed E-state index contributed by atoms with van der Waals surface area (Å²) >= 11 is 1.30. The molecule has 2 aliphatic carbocycles. The molecule has 0 unspecified atom stereocenters. The summed E-state index contributed by atoms with van der Waals surface area (Å²) in [6.45, 7) is 3.66. The lowest BCUT2D eigenvalue weighted by molar-refractivity contribution is -0.146. The molecular weight excluding hydrogens is 330 g/mol. The van der Waals surface area contributed by atoms with Gasteiger partial charge in [-0.15, -0.1) is 11.3 Å². The number of aryl methyl sites for hydroxylation is 1. The van der Waals surface area contributed by atoms with Crippen LogP contribution in [0.2, 0.25) is 0 Å². The van der Waals surface area contributed by atoms with E-state index < -0.39 is 23.8 Å². The topological polar surface area (TPSA) is 92.7 Å². The van der Waals surface area contributed by atoms with E-state index in [4.69, 9.17) is 4.74 Å². The average molecular weight is 349 g/mol.